The van der Waals surface area contributed by atoms with Gasteiger partial charge in [0, 0.05) is 10.8 Å². The van der Waals surface area contributed by atoms with Gasteiger partial charge in [-0.2, -0.15) is 0 Å². The van der Waals surface area contributed by atoms with Crippen LogP contribution in [0.15, 0.2) is 35.1 Å². The number of nitrogens with one attached hydrogen (secondary N) is 1. The highest BCUT2D eigenvalue weighted by atomic mass is 32.1. The Kier molecular flexibility index (Phi) is 5.17. The molecule has 0 amide bonds. The van der Waals surface area contributed by atoms with E-state index >= 15 is 0 Å². The summed E-state index contributed by atoms with van der Waals surface area (Å²) in [5.74, 6) is 0.846. The normalized spacial score (nSPS) is 19.3. The number of benzene rings is 1. The minimum absolute atomic E-state index is 0.0536. The van der Waals surface area contributed by atoms with Crippen molar-refractivity contribution >= 4 is 21.6 Å². The van der Waals surface area contributed by atoms with E-state index in [9.17, 15) is 9.18 Å². The summed E-state index contributed by atoms with van der Waals surface area (Å²) < 4.78 is 25.0. The number of fused-ring (bicyclic) bond motifs is 1. The lowest BCUT2D eigenvalue weighted by atomic mass is 9.96. The van der Waals surface area contributed by atoms with Crippen molar-refractivity contribution in [2.75, 3.05) is 26.3 Å². The maximum absolute atomic E-state index is 13.2. The molecule has 152 valence electrons. The number of likely N-dealkylation sites (tertiary alicyclic amines) is 1. The molecule has 2 aliphatic heterocycles. The fraction of sp³-hybridized carbons (Fsp3) is 0.429. The third-order valence-corrected chi connectivity index (χ3v) is 6.77. The smallest absolute Gasteiger partial charge is 0.268 e. The quantitative estimate of drug-likeness (QED) is 0.708. The van der Waals surface area contributed by atoms with Crippen molar-refractivity contribution in [2.24, 2.45) is 5.92 Å². The maximum Gasteiger partial charge on any atom is 0.268 e. The van der Waals surface area contributed by atoms with Crippen molar-refractivity contribution in [3.05, 3.63) is 52.3 Å². The van der Waals surface area contributed by atoms with Gasteiger partial charge in [-0.25, -0.2) is 9.37 Å². The Morgan fingerprint density at radius 3 is 2.62 bits per heavy atom. The third kappa shape index (κ3) is 3.98. The predicted octanol–water partition coefficient (Wildman–Crippen LogP) is 3.38. The summed E-state index contributed by atoms with van der Waals surface area (Å²) in [6, 6.07) is 8.20. The van der Waals surface area contributed by atoms with Gasteiger partial charge in [0.25, 0.3) is 5.56 Å². The second-order valence-corrected chi connectivity index (χ2v) is 8.62. The van der Waals surface area contributed by atoms with Crippen molar-refractivity contribution < 1.29 is 13.9 Å². The number of piperidine rings is 1. The van der Waals surface area contributed by atoms with Gasteiger partial charge >= 0.3 is 0 Å². The molecule has 0 saturated carbocycles. The molecule has 29 heavy (non-hydrogen) atoms. The minimum atomic E-state index is -0.275. The molecule has 0 aliphatic carbocycles. The maximum atomic E-state index is 13.2. The zero-order valence-electron chi connectivity index (χ0n) is 15.9. The van der Waals surface area contributed by atoms with E-state index in [1.165, 1.54) is 23.5 Å². The molecule has 2 aromatic heterocycles. The van der Waals surface area contributed by atoms with Crippen LogP contribution in [-0.2, 0) is 16.0 Å². The lowest BCUT2D eigenvalue weighted by Gasteiger charge is -2.33. The summed E-state index contributed by atoms with van der Waals surface area (Å²) in [6.07, 6.45) is 1.98. The Morgan fingerprint density at radius 2 is 1.90 bits per heavy atom. The Labute approximate surface area is 171 Å². The Hall–Kier alpha value is -2.13. The van der Waals surface area contributed by atoms with Crippen LogP contribution in [0.1, 0.15) is 18.7 Å². The molecule has 6 nitrogen and oxygen atoms in total. The first-order valence-electron chi connectivity index (χ1n) is 9.90. The molecule has 0 spiro atoms. The number of ether oxygens (including phenoxy) is 2. The fourth-order valence-electron chi connectivity index (χ4n) is 4.06. The van der Waals surface area contributed by atoms with Gasteiger partial charge < -0.3 is 14.5 Å². The summed E-state index contributed by atoms with van der Waals surface area (Å²) in [4.78, 5) is 23.4. The first-order valence-corrected chi connectivity index (χ1v) is 10.7. The number of H-pyrrole nitrogens is 1. The van der Waals surface area contributed by atoms with Crippen LogP contribution < -0.4 is 5.56 Å². The van der Waals surface area contributed by atoms with Crippen LogP contribution in [0.25, 0.3) is 20.7 Å². The second kappa shape index (κ2) is 7.95. The van der Waals surface area contributed by atoms with Crippen molar-refractivity contribution in [1.29, 1.82) is 0 Å². The average Bonchev–Trinajstić information content (AvgIpc) is 3.39. The molecule has 2 aliphatic rings. The standard InChI is InChI=1S/C21H22FN3O3S/c22-15-3-1-13(2-4-15)17-11-16-19(29-17)20(26)24-18(23-16)12-25-7-5-14(6-8-25)21-27-9-10-28-21/h1-4,11,14,21H,5-10,12H2,(H,23,24,26). The molecule has 4 heterocycles. The van der Waals surface area contributed by atoms with Gasteiger partial charge in [0.1, 0.15) is 16.3 Å². The number of rotatable bonds is 4. The van der Waals surface area contributed by atoms with Crippen LogP contribution in [0.4, 0.5) is 4.39 Å². The molecule has 0 unspecified atom stereocenters. The molecule has 5 rings (SSSR count). The van der Waals surface area contributed by atoms with Crippen molar-refractivity contribution in [1.82, 2.24) is 14.9 Å². The minimum Gasteiger partial charge on any atom is -0.350 e. The van der Waals surface area contributed by atoms with Crippen molar-refractivity contribution in [3.63, 3.8) is 0 Å². The zero-order chi connectivity index (χ0) is 19.8. The number of aromatic amines is 1. The van der Waals surface area contributed by atoms with Crippen LogP contribution in [0.5, 0.6) is 0 Å². The number of thiophene rings is 1. The van der Waals surface area contributed by atoms with E-state index in [0.717, 1.165) is 36.4 Å². The zero-order valence-corrected chi connectivity index (χ0v) is 16.7. The van der Waals surface area contributed by atoms with E-state index in [0.29, 0.717) is 41.7 Å². The highest BCUT2D eigenvalue weighted by Gasteiger charge is 2.30. The molecular formula is C21H22FN3O3S. The lowest BCUT2D eigenvalue weighted by molar-refractivity contribution is -0.0978. The van der Waals surface area contributed by atoms with E-state index in [1.807, 2.05) is 6.07 Å². The number of halogens is 1. The molecule has 1 aromatic carbocycles. The van der Waals surface area contributed by atoms with Crippen LogP contribution in [0.2, 0.25) is 0 Å². The monoisotopic (exact) mass is 415 g/mol. The molecule has 3 aromatic rings. The highest BCUT2D eigenvalue weighted by molar-refractivity contribution is 7.22. The molecule has 0 atom stereocenters. The second-order valence-electron chi connectivity index (χ2n) is 7.57. The topological polar surface area (TPSA) is 67.5 Å². The van der Waals surface area contributed by atoms with Crippen molar-refractivity contribution in [2.45, 2.75) is 25.7 Å². The molecule has 8 heteroatoms. The van der Waals surface area contributed by atoms with Gasteiger partial charge in [-0.1, -0.05) is 12.1 Å². The van der Waals surface area contributed by atoms with Gasteiger partial charge in [0.15, 0.2) is 6.29 Å². The fourth-order valence-corrected chi connectivity index (χ4v) is 5.06. The van der Waals surface area contributed by atoms with E-state index in [-0.39, 0.29) is 17.7 Å². The van der Waals surface area contributed by atoms with Gasteiger partial charge in [0.2, 0.25) is 0 Å². The van der Waals surface area contributed by atoms with Crippen LogP contribution >= 0.6 is 11.3 Å². The summed E-state index contributed by atoms with van der Waals surface area (Å²) in [7, 11) is 0. The Balaban J connectivity index is 1.31. The summed E-state index contributed by atoms with van der Waals surface area (Å²) >= 11 is 1.38. The lowest BCUT2D eigenvalue weighted by Crippen LogP contribution is -2.38. The number of hydrogen-bond donors (Lipinski definition) is 1. The summed E-state index contributed by atoms with van der Waals surface area (Å²) in [5.41, 5.74) is 1.45. The van der Waals surface area contributed by atoms with Crippen LogP contribution in [-0.4, -0.2) is 47.5 Å². The number of hydrogen-bond acceptors (Lipinski definition) is 6. The van der Waals surface area contributed by atoms with E-state index in [4.69, 9.17) is 9.47 Å². The summed E-state index contributed by atoms with van der Waals surface area (Å²) in [6.45, 7) is 3.86. The molecule has 2 fully saturated rings. The Morgan fingerprint density at radius 1 is 1.17 bits per heavy atom. The first-order chi connectivity index (χ1) is 14.2. The van der Waals surface area contributed by atoms with Gasteiger partial charge in [-0.05, 0) is 49.7 Å². The highest BCUT2D eigenvalue weighted by Crippen LogP contribution is 2.31. The molecular weight excluding hydrogens is 393 g/mol. The third-order valence-electron chi connectivity index (χ3n) is 5.60. The average molecular weight is 415 g/mol. The first kappa shape index (κ1) is 18.9. The number of aromatic nitrogens is 2. The largest absolute Gasteiger partial charge is 0.350 e. The Bertz CT molecular complexity index is 1050. The van der Waals surface area contributed by atoms with E-state index in [1.54, 1.807) is 12.1 Å². The van der Waals surface area contributed by atoms with Crippen LogP contribution in [0.3, 0.4) is 0 Å². The van der Waals surface area contributed by atoms with Crippen molar-refractivity contribution in [3.8, 4) is 10.4 Å². The van der Waals surface area contributed by atoms with Gasteiger partial charge in [0.05, 0.1) is 25.3 Å². The molecule has 1 N–H and O–H groups in total. The molecule has 0 radical (unpaired) electrons. The van der Waals surface area contributed by atoms with E-state index < -0.39 is 0 Å². The van der Waals surface area contributed by atoms with Crippen LogP contribution in [0, 0.1) is 11.7 Å². The predicted molar refractivity (Wildman–Crippen MR) is 109 cm³/mol. The van der Waals surface area contributed by atoms with Gasteiger partial charge in [-0.3, -0.25) is 9.69 Å². The van der Waals surface area contributed by atoms with E-state index in [2.05, 4.69) is 14.9 Å². The molecule has 0 bridgehead atoms. The molecule has 2 saturated heterocycles. The number of nitrogens with zero attached hydrogens (tertiary/aromatic N) is 2. The summed E-state index contributed by atoms with van der Waals surface area (Å²) in [5, 5.41) is 0. The SMILES string of the molecule is O=c1[nH]c(CN2CCC(C3OCCO3)CC2)nc2cc(-c3ccc(F)cc3)sc12. The van der Waals surface area contributed by atoms with Gasteiger partial charge in [-0.15, -0.1) is 11.3 Å².